The monoisotopic (exact) mass is 471 g/mol. The van der Waals surface area contributed by atoms with E-state index in [1.807, 2.05) is 18.3 Å². The first-order chi connectivity index (χ1) is 15.9. The second-order valence-corrected chi connectivity index (χ2v) is 11.5. The fourth-order valence-electron chi connectivity index (χ4n) is 4.75. The molecule has 2 aromatic carbocycles. The molecule has 0 bridgehead atoms. The smallest absolute Gasteiger partial charge is 0.193 e. The summed E-state index contributed by atoms with van der Waals surface area (Å²) >= 11 is 3.53. The number of rotatable bonds is 4. The molecule has 0 radical (unpaired) electrons. The van der Waals surface area contributed by atoms with E-state index >= 15 is 0 Å². The first-order valence-electron chi connectivity index (χ1n) is 11.4. The number of aromatic nitrogens is 3. The number of hydrogen-bond donors (Lipinski definition) is 0. The van der Waals surface area contributed by atoms with Gasteiger partial charge in [-0.05, 0) is 41.5 Å². The van der Waals surface area contributed by atoms with Gasteiger partial charge in [0.25, 0.3) is 0 Å². The highest BCUT2D eigenvalue weighted by atomic mass is 32.1. The van der Waals surface area contributed by atoms with Gasteiger partial charge < -0.3 is 4.42 Å². The topological polar surface area (TPSA) is 51.8 Å². The van der Waals surface area contributed by atoms with Gasteiger partial charge in [-0.3, -0.25) is 0 Å². The van der Waals surface area contributed by atoms with Crippen molar-refractivity contribution in [3.05, 3.63) is 53.7 Å². The molecule has 0 amide bonds. The fourth-order valence-corrected chi connectivity index (χ4v) is 7.16. The number of aryl methyl sites for hydroxylation is 1. The van der Waals surface area contributed by atoms with Crippen molar-refractivity contribution in [2.24, 2.45) is 5.92 Å². The molecule has 166 valence electrons. The molecule has 4 nitrogen and oxygen atoms in total. The van der Waals surface area contributed by atoms with Gasteiger partial charge in [0.05, 0.1) is 15.9 Å². The average Bonchev–Trinajstić information content (AvgIpc) is 3.42. The van der Waals surface area contributed by atoms with E-state index in [-0.39, 0.29) is 0 Å². The van der Waals surface area contributed by atoms with Crippen molar-refractivity contribution < 1.29 is 4.42 Å². The molecule has 6 heteroatoms. The van der Waals surface area contributed by atoms with Crippen LogP contribution in [0.1, 0.15) is 50.6 Å². The number of nitrogens with zero attached hydrogens (tertiary/aromatic N) is 3. The Kier molecular flexibility index (Phi) is 4.78. The Labute approximate surface area is 200 Å². The third kappa shape index (κ3) is 3.27. The van der Waals surface area contributed by atoms with Crippen molar-refractivity contribution >= 4 is 63.5 Å². The molecule has 0 fully saturated rings. The van der Waals surface area contributed by atoms with Crippen molar-refractivity contribution in [1.82, 2.24) is 15.0 Å². The zero-order chi connectivity index (χ0) is 22.9. The highest BCUT2D eigenvalue weighted by Gasteiger charge is 2.21. The number of thiophene rings is 2. The summed E-state index contributed by atoms with van der Waals surface area (Å²) in [6.07, 6.45) is 2.78. The maximum absolute atomic E-state index is 5.99. The Morgan fingerprint density at radius 2 is 1.85 bits per heavy atom. The predicted molar refractivity (Wildman–Crippen MR) is 141 cm³/mol. The van der Waals surface area contributed by atoms with Gasteiger partial charge in [-0.2, -0.15) is 0 Å². The van der Waals surface area contributed by atoms with Crippen molar-refractivity contribution in [2.75, 3.05) is 0 Å². The number of benzene rings is 2. The Hall–Kier alpha value is -2.83. The quantitative estimate of drug-likeness (QED) is 0.259. The largest absolute Gasteiger partial charge is 0.439 e. The maximum Gasteiger partial charge on any atom is 0.193 e. The van der Waals surface area contributed by atoms with E-state index in [1.54, 1.807) is 17.7 Å². The van der Waals surface area contributed by atoms with E-state index in [9.17, 15) is 0 Å². The molecular formula is C27H25N3OS2. The van der Waals surface area contributed by atoms with Gasteiger partial charge in [-0.25, -0.2) is 15.0 Å². The summed E-state index contributed by atoms with van der Waals surface area (Å²) in [5, 5.41) is 2.42. The first kappa shape index (κ1) is 20.8. The summed E-state index contributed by atoms with van der Waals surface area (Å²) in [7, 11) is 0. The summed E-state index contributed by atoms with van der Waals surface area (Å²) < 4.78 is 9.68. The number of oxazole rings is 1. The molecule has 4 aromatic heterocycles. The van der Waals surface area contributed by atoms with Crippen LogP contribution < -0.4 is 0 Å². The lowest BCUT2D eigenvalue weighted by atomic mass is 9.95. The van der Waals surface area contributed by atoms with E-state index in [0.29, 0.717) is 11.8 Å². The highest BCUT2D eigenvalue weighted by molar-refractivity contribution is 7.26. The lowest BCUT2D eigenvalue weighted by Crippen LogP contribution is -1.93. The molecule has 0 atom stereocenters. The van der Waals surface area contributed by atoms with E-state index in [4.69, 9.17) is 14.4 Å². The van der Waals surface area contributed by atoms with Gasteiger partial charge in [-0.15, -0.1) is 22.7 Å². The van der Waals surface area contributed by atoms with Gasteiger partial charge in [0.1, 0.15) is 6.33 Å². The summed E-state index contributed by atoms with van der Waals surface area (Å²) in [6.45, 7) is 10.9. The lowest BCUT2D eigenvalue weighted by molar-refractivity contribution is 0.563. The van der Waals surface area contributed by atoms with Crippen molar-refractivity contribution in [3.8, 4) is 11.3 Å². The second kappa shape index (κ2) is 7.61. The standard InChI is InChI=1S/C27H25N3OS2/c1-13(2)9-16-7-6-8-18-23-26(33-25(16)18)22(28-12-29-23)17-10-19(14(3)4)21-20(11-17)32-27-24(21)31-15(5)30-27/h6-8,10-14H,9H2,1-5H3. The molecule has 0 N–H and O–H groups in total. The molecule has 0 saturated heterocycles. The summed E-state index contributed by atoms with van der Waals surface area (Å²) in [6, 6.07) is 11.1. The summed E-state index contributed by atoms with van der Waals surface area (Å²) in [4.78, 5) is 15.1. The molecule has 0 aliphatic rings. The fraction of sp³-hybridized carbons (Fsp3) is 0.296. The van der Waals surface area contributed by atoms with Crippen molar-refractivity contribution in [3.63, 3.8) is 0 Å². The van der Waals surface area contributed by atoms with Crippen LogP contribution >= 0.6 is 22.7 Å². The maximum atomic E-state index is 5.99. The highest BCUT2D eigenvalue weighted by Crippen LogP contribution is 2.44. The number of fused-ring (bicyclic) bond motifs is 6. The average molecular weight is 472 g/mol. The lowest BCUT2D eigenvalue weighted by Gasteiger charge is -2.11. The summed E-state index contributed by atoms with van der Waals surface area (Å²) in [5.74, 6) is 1.68. The molecule has 4 heterocycles. The first-order valence-corrected chi connectivity index (χ1v) is 13.0. The van der Waals surface area contributed by atoms with Crippen LogP contribution in [0, 0.1) is 12.8 Å². The molecular weight excluding hydrogens is 446 g/mol. The van der Waals surface area contributed by atoms with Crippen LogP contribution in [0.4, 0.5) is 0 Å². The van der Waals surface area contributed by atoms with E-state index in [0.717, 1.165) is 44.2 Å². The predicted octanol–water partition coefficient (Wildman–Crippen LogP) is 8.50. The Morgan fingerprint density at radius 3 is 2.64 bits per heavy atom. The van der Waals surface area contributed by atoms with Crippen LogP contribution in [0.15, 0.2) is 41.1 Å². The Morgan fingerprint density at radius 1 is 1.00 bits per heavy atom. The van der Waals surface area contributed by atoms with Crippen LogP contribution in [-0.4, -0.2) is 15.0 Å². The molecule has 0 saturated carbocycles. The van der Waals surface area contributed by atoms with Gasteiger partial charge in [0, 0.05) is 32.7 Å². The van der Waals surface area contributed by atoms with Crippen molar-refractivity contribution in [1.29, 1.82) is 0 Å². The second-order valence-electron chi connectivity index (χ2n) is 9.46. The SMILES string of the molecule is Cc1nc2sc3cc(-c4ncnc5c4sc4c(CC(C)C)cccc45)cc(C(C)C)c3c2o1. The minimum absolute atomic E-state index is 0.355. The third-order valence-corrected chi connectivity index (χ3v) is 8.44. The molecule has 0 aliphatic heterocycles. The minimum atomic E-state index is 0.355. The molecule has 0 unspecified atom stereocenters. The zero-order valence-electron chi connectivity index (χ0n) is 19.4. The Balaban J connectivity index is 1.63. The van der Waals surface area contributed by atoms with Gasteiger partial charge >= 0.3 is 0 Å². The van der Waals surface area contributed by atoms with Gasteiger partial charge in [-0.1, -0.05) is 45.9 Å². The van der Waals surface area contributed by atoms with Crippen LogP contribution in [0.5, 0.6) is 0 Å². The molecule has 0 spiro atoms. The molecule has 33 heavy (non-hydrogen) atoms. The van der Waals surface area contributed by atoms with Crippen LogP contribution in [0.25, 0.3) is 52.1 Å². The molecule has 6 rings (SSSR count). The zero-order valence-corrected chi connectivity index (χ0v) is 21.0. The van der Waals surface area contributed by atoms with E-state index < -0.39 is 0 Å². The minimum Gasteiger partial charge on any atom is -0.439 e. The Bertz CT molecular complexity index is 1670. The van der Waals surface area contributed by atoms with Crippen LogP contribution in [0.3, 0.4) is 0 Å². The van der Waals surface area contributed by atoms with Crippen LogP contribution in [0.2, 0.25) is 0 Å². The van der Waals surface area contributed by atoms with E-state index in [2.05, 4.69) is 63.0 Å². The van der Waals surface area contributed by atoms with Gasteiger partial charge in [0.15, 0.2) is 16.3 Å². The molecule has 0 aliphatic carbocycles. The normalized spacial score (nSPS) is 12.5. The molecule has 6 aromatic rings. The third-order valence-electron chi connectivity index (χ3n) is 6.15. The van der Waals surface area contributed by atoms with Crippen molar-refractivity contribution in [2.45, 2.75) is 47.0 Å². The number of hydrogen-bond acceptors (Lipinski definition) is 6. The van der Waals surface area contributed by atoms with Crippen LogP contribution in [-0.2, 0) is 6.42 Å². The van der Waals surface area contributed by atoms with E-state index in [1.165, 1.54) is 31.3 Å². The van der Waals surface area contributed by atoms with Gasteiger partial charge in [0.2, 0.25) is 0 Å². The summed E-state index contributed by atoms with van der Waals surface area (Å²) in [5.41, 5.74) is 6.78.